The van der Waals surface area contributed by atoms with Gasteiger partial charge in [-0.1, -0.05) is 6.07 Å². The van der Waals surface area contributed by atoms with Gasteiger partial charge in [-0.05, 0) is 25.1 Å². The van der Waals surface area contributed by atoms with Crippen LogP contribution in [0.2, 0.25) is 0 Å². The molecule has 0 radical (unpaired) electrons. The Morgan fingerprint density at radius 1 is 1.32 bits per heavy atom. The van der Waals surface area contributed by atoms with E-state index in [0.717, 1.165) is 17.0 Å². The Kier molecular flexibility index (Phi) is 3.72. The highest BCUT2D eigenvalue weighted by Crippen LogP contribution is 2.26. The van der Waals surface area contributed by atoms with Crippen molar-refractivity contribution in [3.05, 3.63) is 57.3 Å². The van der Waals surface area contributed by atoms with E-state index in [0.29, 0.717) is 10.9 Å². The third-order valence-corrected chi connectivity index (χ3v) is 3.66. The number of thiophene rings is 1. The van der Waals surface area contributed by atoms with Crippen LogP contribution in [0.25, 0.3) is 0 Å². The molecular weight excluding hydrogens is 268 g/mol. The minimum Gasteiger partial charge on any atom is -0.291 e. The van der Waals surface area contributed by atoms with Gasteiger partial charge in [0, 0.05) is 16.5 Å². The molecule has 0 saturated carbocycles. The van der Waals surface area contributed by atoms with Gasteiger partial charge in [0.2, 0.25) is 0 Å². The standard InChI is InChI=1S/C14H9F2NOS/c1-8-2-5-13(19-8)14(18)11(7-17)10-4-3-9(15)6-12(10)16/h2-6,11H,1H3. The lowest BCUT2D eigenvalue weighted by Gasteiger charge is -2.08. The summed E-state index contributed by atoms with van der Waals surface area (Å²) < 4.78 is 26.5. The van der Waals surface area contributed by atoms with E-state index in [-0.39, 0.29) is 5.56 Å². The maximum Gasteiger partial charge on any atom is 0.194 e. The van der Waals surface area contributed by atoms with Crippen molar-refractivity contribution in [1.29, 1.82) is 5.26 Å². The number of nitriles is 1. The maximum atomic E-state index is 13.6. The van der Waals surface area contributed by atoms with Crippen LogP contribution in [-0.2, 0) is 0 Å². The van der Waals surface area contributed by atoms with Gasteiger partial charge in [0.25, 0.3) is 0 Å². The lowest BCUT2D eigenvalue weighted by atomic mass is 9.95. The molecule has 0 amide bonds. The van der Waals surface area contributed by atoms with Crippen LogP contribution < -0.4 is 0 Å². The molecule has 0 bridgehead atoms. The summed E-state index contributed by atoms with van der Waals surface area (Å²) in [5.74, 6) is -3.34. The second-order valence-electron chi connectivity index (χ2n) is 4.00. The predicted molar refractivity (Wildman–Crippen MR) is 68.1 cm³/mol. The third kappa shape index (κ3) is 2.69. The van der Waals surface area contributed by atoms with Crippen molar-refractivity contribution in [2.75, 3.05) is 0 Å². The van der Waals surface area contributed by atoms with Crippen molar-refractivity contribution < 1.29 is 13.6 Å². The summed E-state index contributed by atoms with van der Waals surface area (Å²) in [6, 6.07) is 7.99. The zero-order valence-corrected chi connectivity index (χ0v) is 10.8. The van der Waals surface area contributed by atoms with Crippen LogP contribution in [0.1, 0.15) is 26.0 Å². The number of rotatable bonds is 3. The normalized spacial score (nSPS) is 11.9. The molecule has 2 nitrogen and oxygen atoms in total. The summed E-state index contributed by atoms with van der Waals surface area (Å²) in [7, 11) is 0. The highest BCUT2D eigenvalue weighted by Gasteiger charge is 2.25. The molecule has 2 aromatic rings. The number of hydrogen-bond donors (Lipinski definition) is 0. The van der Waals surface area contributed by atoms with Crippen molar-refractivity contribution in [2.45, 2.75) is 12.8 Å². The first-order chi connectivity index (χ1) is 9.02. The number of carbonyl (C=O) groups is 1. The SMILES string of the molecule is Cc1ccc(C(=O)C(C#N)c2ccc(F)cc2F)s1. The molecule has 0 fully saturated rings. The van der Waals surface area contributed by atoms with E-state index in [1.807, 2.05) is 6.92 Å². The number of halogens is 2. The van der Waals surface area contributed by atoms with Gasteiger partial charge >= 0.3 is 0 Å². The number of Topliss-reactive ketones (excluding diaryl/α,β-unsaturated/α-hetero) is 1. The Bertz CT molecular complexity index is 672. The number of ketones is 1. The van der Waals surface area contributed by atoms with Crippen LogP contribution >= 0.6 is 11.3 Å². The van der Waals surface area contributed by atoms with Gasteiger partial charge in [-0.2, -0.15) is 5.26 Å². The molecule has 1 aromatic carbocycles. The largest absolute Gasteiger partial charge is 0.291 e. The molecule has 0 aliphatic heterocycles. The monoisotopic (exact) mass is 277 g/mol. The highest BCUT2D eigenvalue weighted by molar-refractivity contribution is 7.14. The Labute approximate surface area is 112 Å². The van der Waals surface area contributed by atoms with Crippen molar-refractivity contribution in [1.82, 2.24) is 0 Å². The molecule has 0 aliphatic rings. The molecule has 96 valence electrons. The summed E-state index contributed by atoms with van der Waals surface area (Å²) in [6.07, 6.45) is 0. The molecular formula is C14H9F2NOS. The van der Waals surface area contributed by atoms with Crippen LogP contribution in [-0.4, -0.2) is 5.78 Å². The first kappa shape index (κ1) is 13.4. The molecule has 1 atom stereocenters. The summed E-state index contributed by atoms with van der Waals surface area (Å²) in [6.45, 7) is 1.83. The van der Waals surface area contributed by atoms with Crippen molar-refractivity contribution in [3.63, 3.8) is 0 Å². The molecule has 0 spiro atoms. The smallest absolute Gasteiger partial charge is 0.194 e. The average Bonchev–Trinajstić information content (AvgIpc) is 2.79. The fourth-order valence-electron chi connectivity index (χ4n) is 1.71. The van der Waals surface area contributed by atoms with E-state index in [4.69, 9.17) is 5.26 Å². The van der Waals surface area contributed by atoms with Gasteiger partial charge in [0.05, 0.1) is 10.9 Å². The van der Waals surface area contributed by atoms with Crippen LogP contribution in [0.5, 0.6) is 0 Å². The molecule has 1 unspecified atom stereocenters. The fraction of sp³-hybridized carbons (Fsp3) is 0.143. The van der Waals surface area contributed by atoms with E-state index < -0.39 is 23.3 Å². The zero-order chi connectivity index (χ0) is 14.0. The summed E-state index contributed by atoms with van der Waals surface area (Å²) in [4.78, 5) is 13.5. The second kappa shape index (κ2) is 5.29. The van der Waals surface area contributed by atoms with E-state index in [2.05, 4.69) is 0 Å². The number of aryl methyl sites for hydroxylation is 1. The molecule has 1 aromatic heterocycles. The number of carbonyl (C=O) groups excluding carboxylic acids is 1. The average molecular weight is 277 g/mol. The van der Waals surface area contributed by atoms with Gasteiger partial charge in [-0.25, -0.2) is 8.78 Å². The number of benzene rings is 1. The topological polar surface area (TPSA) is 40.9 Å². The van der Waals surface area contributed by atoms with Crippen LogP contribution in [0.3, 0.4) is 0 Å². The minimum atomic E-state index is -1.25. The third-order valence-electron chi connectivity index (χ3n) is 2.65. The van der Waals surface area contributed by atoms with E-state index in [1.54, 1.807) is 18.2 Å². The van der Waals surface area contributed by atoms with Crippen LogP contribution in [0.4, 0.5) is 8.78 Å². The van der Waals surface area contributed by atoms with Gasteiger partial charge < -0.3 is 0 Å². The Morgan fingerprint density at radius 2 is 2.05 bits per heavy atom. The molecule has 0 aliphatic carbocycles. The number of nitrogens with zero attached hydrogens (tertiary/aromatic N) is 1. The molecule has 0 N–H and O–H groups in total. The first-order valence-corrected chi connectivity index (χ1v) is 6.30. The summed E-state index contributed by atoms with van der Waals surface area (Å²) in [5, 5.41) is 9.09. The van der Waals surface area contributed by atoms with Crippen LogP contribution in [0, 0.1) is 29.9 Å². The van der Waals surface area contributed by atoms with Gasteiger partial charge in [0.1, 0.15) is 17.6 Å². The fourth-order valence-corrected chi connectivity index (χ4v) is 2.55. The molecule has 2 rings (SSSR count). The van der Waals surface area contributed by atoms with Crippen molar-refractivity contribution in [2.24, 2.45) is 0 Å². The minimum absolute atomic E-state index is 0.0973. The molecule has 1 heterocycles. The Balaban J connectivity index is 2.40. The Morgan fingerprint density at radius 3 is 2.58 bits per heavy atom. The summed E-state index contributed by atoms with van der Waals surface area (Å²) in [5.41, 5.74) is -0.0973. The zero-order valence-electron chi connectivity index (χ0n) is 9.98. The van der Waals surface area contributed by atoms with Gasteiger partial charge in [-0.15, -0.1) is 11.3 Å². The summed E-state index contributed by atoms with van der Waals surface area (Å²) >= 11 is 1.25. The van der Waals surface area contributed by atoms with E-state index >= 15 is 0 Å². The lowest BCUT2D eigenvalue weighted by molar-refractivity contribution is 0.0981. The molecule has 19 heavy (non-hydrogen) atoms. The maximum absolute atomic E-state index is 13.6. The highest BCUT2D eigenvalue weighted by atomic mass is 32.1. The molecule has 5 heteroatoms. The lowest BCUT2D eigenvalue weighted by Crippen LogP contribution is -2.11. The van der Waals surface area contributed by atoms with Crippen molar-refractivity contribution >= 4 is 17.1 Å². The van der Waals surface area contributed by atoms with Gasteiger partial charge in [-0.3, -0.25) is 4.79 Å². The van der Waals surface area contributed by atoms with Gasteiger partial charge in [0.15, 0.2) is 5.78 Å². The first-order valence-electron chi connectivity index (χ1n) is 5.48. The van der Waals surface area contributed by atoms with Crippen molar-refractivity contribution in [3.8, 4) is 6.07 Å². The predicted octanol–water partition coefficient (Wildman–Crippen LogP) is 3.82. The van der Waals surface area contributed by atoms with E-state index in [1.165, 1.54) is 11.3 Å². The molecule has 0 saturated heterocycles. The Hall–Kier alpha value is -2.06. The van der Waals surface area contributed by atoms with Crippen LogP contribution in [0.15, 0.2) is 30.3 Å². The number of hydrogen-bond acceptors (Lipinski definition) is 3. The second-order valence-corrected chi connectivity index (χ2v) is 5.29. The van der Waals surface area contributed by atoms with E-state index in [9.17, 15) is 13.6 Å². The quantitative estimate of drug-likeness (QED) is 0.800.